The summed E-state index contributed by atoms with van der Waals surface area (Å²) in [5, 5.41) is 0. The fourth-order valence-electron chi connectivity index (χ4n) is 5.78. The van der Waals surface area contributed by atoms with Gasteiger partial charge in [-0.05, 0) is 47.1 Å². The maximum absolute atomic E-state index is 7.27. The van der Waals surface area contributed by atoms with Gasteiger partial charge in [0, 0.05) is 5.92 Å². The second-order valence-electron chi connectivity index (χ2n) is 7.94. The second-order valence-corrected chi connectivity index (χ2v) is 7.94. The lowest BCUT2D eigenvalue weighted by molar-refractivity contribution is -0.0481. The van der Waals surface area contributed by atoms with E-state index in [1.54, 1.807) is 0 Å². The van der Waals surface area contributed by atoms with E-state index >= 15 is 0 Å². The van der Waals surface area contributed by atoms with Crippen molar-refractivity contribution in [1.82, 2.24) is 0 Å². The molecule has 1 nitrogen and oxygen atoms in total. The highest BCUT2D eigenvalue weighted by Crippen LogP contribution is 2.69. The van der Waals surface area contributed by atoms with E-state index in [-0.39, 0.29) is 5.60 Å². The fraction of sp³-hybridized carbons (Fsp3) is 0.231. The number of allylic oxidation sites excluding steroid dienone is 1. The molecule has 0 saturated carbocycles. The molecule has 0 unspecified atom stereocenters. The largest absolute Gasteiger partial charge is 0.345 e. The van der Waals surface area contributed by atoms with Gasteiger partial charge in [0.15, 0.2) is 0 Å². The first-order valence-electron chi connectivity index (χ1n) is 9.99. The standard InChI is InChI=1S/C26H22O/c1-3-11-19(12-4-1)25-21-15-7-9-17-23(21)26(27-25,20-13-5-2-6-14-20)24-18-10-8-16-22(24)25/h1-7,9,11-17,24H,8,10,18H2/t24-,25-,26+/m1/s1. The van der Waals surface area contributed by atoms with E-state index in [9.17, 15) is 0 Å². The van der Waals surface area contributed by atoms with Crippen LogP contribution in [0.4, 0.5) is 0 Å². The molecule has 0 N–H and O–H groups in total. The SMILES string of the molecule is C1=C2[C@@H](CCC1)[C@@]1(c3ccccc3)O[C@]2(c2ccccc2)c2ccccc21. The quantitative estimate of drug-likeness (QED) is 0.519. The topological polar surface area (TPSA) is 9.23 Å². The van der Waals surface area contributed by atoms with E-state index in [2.05, 4.69) is 91.0 Å². The van der Waals surface area contributed by atoms with Gasteiger partial charge in [-0.15, -0.1) is 0 Å². The third kappa shape index (κ3) is 1.78. The zero-order valence-corrected chi connectivity index (χ0v) is 15.3. The van der Waals surface area contributed by atoms with Gasteiger partial charge in [0.05, 0.1) is 0 Å². The third-order valence-corrected chi connectivity index (χ3v) is 6.74. The van der Waals surface area contributed by atoms with Crippen molar-refractivity contribution in [2.24, 2.45) is 5.92 Å². The molecule has 1 aliphatic carbocycles. The average molecular weight is 350 g/mol. The Labute approximate surface area is 160 Å². The second kappa shape index (κ2) is 5.43. The molecule has 2 aliphatic heterocycles. The molecular formula is C26H22O. The van der Waals surface area contributed by atoms with E-state index in [4.69, 9.17) is 4.74 Å². The smallest absolute Gasteiger partial charge is 0.142 e. The highest BCUT2D eigenvalue weighted by Gasteiger charge is 2.68. The van der Waals surface area contributed by atoms with E-state index in [0.29, 0.717) is 5.92 Å². The number of hydrogen-bond donors (Lipinski definition) is 0. The molecule has 0 radical (unpaired) electrons. The molecule has 2 bridgehead atoms. The molecule has 0 spiro atoms. The molecule has 3 aromatic carbocycles. The lowest BCUT2D eigenvalue weighted by Crippen LogP contribution is -2.36. The summed E-state index contributed by atoms with van der Waals surface area (Å²) >= 11 is 0. The summed E-state index contributed by atoms with van der Waals surface area (Å²) in [6.07, 6.45) is 6.04. The van der Waals surface area contributed by atoms with Crippen LogP contribution in [0.15, 0.2) is 96.6 Å². The van der Waals surface area contributed by atoms with Crippen LogP contribution >= 0.6 is 0 Å². The molecule has 132 valence electrons. The predicted molar refractivity (Wildman–Crippen MR) is 107 cm³/mol. The Morgan fingerprint density at radius 3 is 2.07 bits per heavy atom. The van der Waals surface area contributed by atoms with Crippen LogP contribution in [0.3, 0.4) is 0 Å². The first kappa shape index (κ1) is 15.4. The van der Waals surface area contributed by atoms with Crippen molar-refractivity contribution in [2.75, 3.05) is 0 Å². The van der Waals surface area contributed by atoms with Gasteiger partial charge in [0.1, 0.15) is 11.2 Å². The minimum absolute atomic E-state index is 0.375. The van der Waals surface area contributed by atoms with E-state index in [1.165, 1.54) is 40.7 Å². The molecule has 3 aromatic rings. The van der Waals surface area contributed by atoms with Crippen LogP contribution in [0.2, 0.25) is 0 Å². The minimum atomic E-state index is -0.446. The Bertz CT molecular complexity index is 1040. The fourth-order valence-corrected chi connectivity index (χ4v) is 5.78. The Kier molecular flexibility index (Phi) is 3.10. The van der Waals surface area contributed by atoms with E-state index in [0.717, 1.165) is 6.42 Å². The molecule has 1 fully saturated rings. The summed E-state index contributed by atoms with van der Waals surface area (Å²) in [7, 11) is 0. The van der Waals surface area contributed by atoms with Crippen LogP contribution in [-0.4, -0.2) is 0 Å². The van der Waals surface area contributed by atoms with Crippen molar-refractivity contribution in [3.63, 3.8) is 0 Å². The Balaban J connectivity index is 1.73. The van der Waals surface area contributed by atoms with Gasteiger partial charge in [-0.1, -0.05) is 91.0 Å². The van der Waals surface area contributed by atoms with Gasteiger partial charge in [-0.25, -0.2) is 0 Å². The summed E-state index contributed by atoms with van der Waals surface area (Å²) in [5.41, 5.74) is 5.87. The zero-order chi connectivity index (χ0) is 17.9. The van der Waals surface area contributed by atoms with E-state index < -0.39 is 5.60 Å². The van der Waals surface area contributed by atoms with Crippen molar-refractivity contribution < 1.29 is 4.74 Å². The van der Waals surface area contributed by atoms with Crippen molar-refractivity contribution in [3.05, 3.63) is 119 Å². The minimum Gasteiger partial charge on any atom is -0.345 e. The zero-order valence-electron chi connectivity index (χ0n) is 15.3. The van der Waals surface area contributed by atoms with Crippen LogP contribution in [-0.2, 0) is 15.9 Å². The summed E-state index contributed by atoms with van der Waals surface area (Å²) in [4.78, 5) is 0. The lowest BCUT2D eigenvalue weighted by Gasteiger charge is -2.39. The number of fused-ring (bicyclic) bond motifs is 8. The highest BCUT2D eigenvalue weighted by atomic mass is 16.5. The van der Waals surface area contributed by atoms with Crippen LogP contribution < -0.4 is 0 Å². The van der Waals surface area contributed by atoms with Gasteiger partial charge in [0.2, 0.25) is 0 Å². The number of hydrogen-bond acceptors (Lipinski definition) is 1. The Morgan fingerprint density at radius 1 is 0.704 bits per heavy atom. The van der Waals surface area contributed by atoms with Crippen LogP contribution in [0.25, 0.3) is 0 Å². The van der Waals surface area contributed by atoms with Crippen molar-refractivity contribution in [1.29, 1.82) is 0 Å². The van der Waals surface area contributed by atoms with Crippen molar-refractivity contribution in [3.8, 4) is 0 Å². The van der Waals surface area contributed by atoms with Gasteiger partial charge < -0.3 is 4.74 Å². The van der Waals surface area contributed by atoms with Gasteiger partial charge in [0.25, 0.3) is 0 Å². The average Bonchev–Trinajstić information content (AvgIpc) is 3.25. The third-order valence-electron chi connectivity index (χ3n) is 6.74. The first-order chi connectivity index (χ1) is 13.4. The van der Waals surface area contributed by atoms with Gasteiger partial charge >= 0.3 is 0 Å². The molecule has 3 aliphatic rings. The molecule has 0 amide bonds. The molecule has 1 saturated heterocycles. The summed E-state index contributed by atoms with van der Waals surface area (Å²) in [5.74, 6) is 0.406. The Hall–Kier alpha value is -2.64. The highest BCUT2D eigenvalue weighted by molar-refractivity contribution is 5.64. The molecule has 6 rings (SSSR count). The summed E-state index contributed by atoms with van der Waals surface area (Å²) < 4.78 is 7.27. The van der Waals surface area contributed by atoms with Crippen LogP contribution in [0.1, 0.15) is 41.5 Å². The molecule has 27 heavy (non-hydrogen) atoms. The number of rotatable bonds is 2. The summed E-state index contributed by atoms with van der Waals surface area (Å²) in [6.45, 7) is 0. The summed E-state index contributed by atoms with van der Waals surface area (Å²) in [6, 6.07) is 30.6. The van der Waals surface area contributed by atoms with Crippen LogP contribution in [0.5, 0.6) is 0 Å². The maximum Gasteiger partial charge on any atom is 0.142 e. The molecule has 2 heterocycles. The van der Waals surface area contributed by atoms with Gasteiger partial charge in [-0.3, -0.25) is 0 Å². The maximum atomic E-state index is 7.27. The molecule has 1 heteroatoms. The van der Waals surface area contributed by atoms with Gasteiger partial charge in [-0.2, -0.15) is 0 Å². The lowest BCUT2D eigenvalue weighted by atomic mass is 9.61. The van der Waals surface area contributed by atoms with Crippen molar-refractivity contribution >= 4 is 0 Å². The van der Waals surface area contributed by atoms with E-state index in [1.807, 2.05) is 0 Å². The predicted octanol–water partition coefficient (Wildman–Crippen LogP) is 5.94. The Morgan fingerprint density at radius 2 is 1.33 bits per heavy atom. The number of ether oxygens (including phenoxy) is 1. The first-order valence-corrected chi connectivity index (χ1v) is 9.99. The molecular weight excluding hydrogens is 328 g/mol. The monoisotopic (exact) mass is 350 g/mol. The molecule has 0 aromatic heterocycles. The van der Waals surface area contributed by atoms with Crippen molar-refractivity contribution in [2.45, 2.75) is 30.5 Å². The molecule has 3 atom stereocenters. The normalized spacial score (nSPS) is 30.5. The number of benzene rings is 3. The van der Waals surface area contributed by atoms with Crippen LogP contribution in [0, 0.1) is 5.92 Å².